The van der Waals surface area contributed by atoms with Gasteiger partial charge in [0.15, 0.2) is 5.78 Å². The molecule has 20 heavy (non-hydrogen) atoms. The van der Waals surface area contributed by atoms with E-state index in [-0.39, 0.29) is 22.1 Å². The van der Waals surface area contributed by atoms with Crippen LogP contribution in [0.15, 0.2) is 18.2 Å². The van der Waals surface area contributed by atoms with Crippen molar-refractivity contribution in [3.63, 3.8) is 0 Å². The second-order valence-corrected chi connectivity index (χ2v) is 9.33. The number of halogens is 2. The zero-order chi connectivity index (χ0) is 15.5. The molecule has 112 valence electrons. The molecule has 0 aliphatic carbocycles. The van der Waals surface area contributed by atoms with Gasteiger partial charge in [0.2, 0.25) is 0 Å². The van der Waals surface area contributed by atoms with E-state index in [9.17, 15) is 17.4 Å². The Morgan fingerprint density at radius 3 is 2.45 bits per heavy atom. The molecule has 0 aromatic heterocycles. The molecule has 0 amide bonds. The monoisotopic (exact) mass is 356 g/mol. The van der Waals surface area contributed by atoms with E-state index in [2.05, 4.69) is 0 Å². The van der Waals surface area contributed by atoms with Crippen LogP contribution < -0.4 is 0 Å². The van der Waals surface area contributed by atoms with Crippen molar-refractivity contribution < 1.29 is 17.4 Å². The molecule has 4 nitrogen and oxygen atoms in total. The Bertz CT molecular complexity index is 641. The van der Waals surface area contributed by atoms with Gasteiger partial charge in [-0.1, -0.05) is 23.2 Å². The third kappa shape index (κ3) is 5.16. The third-order valence-corrected chi connectivity index (χ3v) is 5.98. The van der Waals surface area contributed by atoms with Crippen molar-refractivity contribution in [2.24, 2.45) is 0 Å². The fraction of sp³-hybridized carbons (Fsp3) is 0.417. The van der Waals surface area contributed by atoms with Gasteiger partial charge < -0.3 is 0 Å². The summed E-state index contributed by atoms with van der Waals surface area (Å²) in [5, 5.41) is -0.234. The molecule has 0 fully saturated rings. The summed E-state index contributed by atoms with van der Waals surface area (Å²) in [7, 11) is -4.78. The first-order chi connectivity index (χ1) is 9.11. The smallest absolute Gasteiger partial charge is 0.179 e. The van der Waals surface area contributed by atoms with Gasteiger partial charge >= 0.3 is 0 Å². The lowest BCUT2D eigenvalue weighted by Gasteiger charge is -2.11. The van der Waals surface area contributed by atoms with Crippen molar-refractivity contribution in [2.45, 2.75) is 12.2 Å². The molecule has 0 aliphatic heterocycles. The Kier molecular flexibility index (Phi) is 6.19. The molecule has 2 atom stereocenters. The highest BCUT2D eigenvalue weighted by molar-refractivity contribution is 7.92. The maximum atomic E-state index is 12.2. The summed E-state index contributed by atoms with van der Waals surface area (Å²) < 4.78 is 34.0. The summed E-state index contributed by atoms with van der Waals surface area (Å²) in [6.07, 6.45) is 1.06. The molecule has 0 N–H and O–H groups in total. The first-order valence-corrected chi connectivity index (χ1v) is 9.86. The zero-order valence-corrected chi connectivity index (χ0v) is 14.1. The zero-order valence-electron chi connectivity index (χ0n) is 10.9. The molecule has 1 aromatic rings. The molecule has 1 rings (SSSR count). The van der Waals surface area contributed by atoms with Gasteiger partial charge in [-0.2, -0.15) is 0 Å². The minimum atomic E-state index is -3.20. The maximum Gasteiger partial charge on any atom is 0.179 e. The molecule has 0 spiro atoms. The number of Topliss-reactive ketones (excluding diaryl/α,β-unsaturated/α-hetero) is 1. The minimum absolute atomic E-state index is 0.0725. The van der Waals surface area contributed by atoms with Gasteiger partial charge in [0.1, 0.15) is 9.84 Å². The molecule has 2 unspecified atom stereocenters. The van der Waals surface area contributed by atoms with Crippen molar-refractivity contribution in [2.75, 3.05) is 17.8 Å². The molecular weight excluding hydrogens is 343 g/mol. The number of rotatable bonds is 6. The number of carbonyl (C=O) groups excluding carboxylic acids is 1. The van der Waals surface area contributed by atoms with Crippen molar-refractivity contribution in [3.05, 3.63) is 33.8 Å². The molecule has 0 saturated carbocycles. The van der Waals surface area contributed by atoms with Gasteiger partial charge in [-0.25, -0.2) is 8.42 Å². The van der Waals surface area contributed by atoms with Crippen LogP contribution in [0.3, 0.4) is 0 Å². The maximum absolute atomic E-state index is 12.2. The second kappa shape index (κ2) is 7.02. The van der Waals surface area contributed by atoms with Crippen LogP contribution >= 0.6 is 23.2 Å². The standard InChI is InChI=1S/C12H14Cl2O4S2/c1-8(19(16)5-6-20(2,17)18)12(15)10-4-3-9(13)7-11(10)14/h3-4,7-8H,5-6H2,1-2H3. The fourth-order valence-electron chi connectivity index (χ4n) is 1.44. The van der Waals surface area contributed by atoms with Gasteiger partial charge in [0.05, 0.1) is 16.0 Å². The predicted molar refractivity (Wildman–Crippen MR) is 83.0 cm³/mol. The van der Waals surface area contributed by atoms with E-state index in [4.69, 9.17) is 23.2 Å². The van der Waals surface area contributed by atoms with E-state index in [0.717, 1.165) is 6.26 Å². The van der Waals surface area contributed by atoms with Crippen LogP contribution in [-0.2, 0) is 20.6 Å². The Morgan fingerprint density at radius 1 is 1.35 bits per heavy atom. The lowest BCUT2D eigenvalue weighted by Crippen LogP contribution is -2.27. The van der Waals surface area contributed by atoms with Gasteiger partial charge in [0, 0.05) is 33.4 Å². The van der Waals surface area contributed by atoms with Gasteiger partial charge in [0.25, 0.3) is 0 Å². The van der Waals surface area contributed by atoms with Crippen LogP contribution in [0.25, 0.3) is 0 Å². The summed E-state index contributed by atoms with van der Waals surface area (Å²) in [4.78, 5) is 12.2. The van der Waals surface area contributed by atoms with Gasteiger partial charge in [-0.05, 0) is 25.1 Å². The Labute approximate surface area is 130 Å². The van der Waals surface area contributed by atoms with Crippen LogP contribution in [0.4, 0.5) is 0 Å². The van der Waals surface area contributed by atoms with E-state index in [1.165, 1.54) is 25.1 Å². The first-order valence-electron chi connectivity index (χ1n) is 5.66. The summed E-state index contributed by atoms with van der Waals surface area (Å²) in [5.41, 5.74) is 0.233. The quantitative estimate of drug-likeness (QED) is 0.733. The van der Waals surface area contributed by atoms with Crippen LogP contribution in [0, 0.1) is 0 Å². The number of carbonyl (C=O) groups is 1. The summed E-state index contributed by atoms with van der Waals surface area (Å²) >= 11 is 11.7. The fourth-order valence-corrected chi connectivity index (χ4v) is 4.53. The summed E-state index contributed by atoms with van der Waals surface area (Å²) in [5.74, 6) is -0.679. The van der Waals surface area contributed by atoms with Gasteiger partial charge in [-0.15, -0.1) is 0 Å². The molecule has 0 radical (unpaired) electrons. The van der Waals surface area contributed by atoms with Crippen LogP contribution in [-0.4, -0.2) is 41.4 Å². The first kappa shape index (κ1) is 17.6. The predicted octanol–water partition coefficient (Wildman–Crippen LogP) is 2.36. The minimum Gasteiger partial charge on any atom is -0.293 e. The van der Waals surface area contributed by atoms with Crippen molar-refractivity contribution in [1.82, 2.24) is 0 Å². The van der Waals surface area contributed by atoms with E-state index < -0.39 is 31.7 Å². The molecule has 0 bridgehead atoms. The highest BCUT2D eigenvalue weighted by atomic mass is 35.5. The van der Waals surface area contributed by atoms with Crippen LogP contribution in [0.2, 0.25) is 10.0 Å². The average Bonchev–Trinajstić information content (AvgIpc) is 2.33. The number of sulfone groups is 1. The lowest BCUT2D eigenvalue weighted by molar-refractivity contribution is 0.0993. The molecule has 0 heterocycles. The van der Waals surface area contributed by atoms with E-state index in [1.54, 1.807) is 0 Å². The number of hydrogen-bond donors (Lipinski definition) is 0. The lowest BCUT2D eigenvalue weighted by atomic mass is 10.1. The number of benzene rings is 1. The van der Waals surface area contributed by atoms with E-state index >= 15 is 0 Å². The number of hydrogen-bond acceptors (Lipinski definition) is 4. The topological polar surface area (TPSA) is 68.3 Å². The molecule has 1 aromatic carbocycles. The summed E-state index contributed by atoms with van der Waals surface area (Å²) in [6, 6.07) is 4.42. The molecular formula is C12H14Cl2O4S2. The largest absolute Gasteiger partial charge is 0.293 e. The van der Waals surface area contributed by atoms with E-state index in [1.807, 2.05) is 0 Å². The SMILES string of the molecule is CC(C(=O)c1ccc(Cl)cc1Cl)S(=O)CCS(C)(=O)=O. The Hall–Kier alpha value is -0.430. The van der Waals surface area contributed by atoms with Crippen molar-refractivity contribution in [3.8, 4) is 0 Å². The van der Waals surface area contributed by atoms with Crippen molar-refractivity contribution in [1.29, 1.82) is 0 Å². The normalized spacial score (nSPS) is 14.8. The average molecular weight is 357 g/mol. The third-order valence-electron chi connectivity index (χ3n) is 2.62. The van der Waals surface area contributed by atoms with Crippen LogP contribution in [0.1, 0.15) is 17.3 Å². The second-order valence-electron chi connectivity index (χ2n) is 4.35. The van der Waals surface area contributed by atoms with Crippen LogP contribution in [0.5, 0.6) is 0 Å². The highest BCUT2D eigenvalue weighted by Gasteiger charge is 2.24. The van der Waals surface area contributed by atoms with Crippen molar-refractivity contribution >= 4 is 49.6 Å². The Morgan fingerprint density at radius 2 is 1.95 bits per heavy atom. The molecule has 0 aliphatic rings. The highest BCUT2D eigenvalue weighted by Crippen LogP contribution is 2.23. The van der Waals surface area contributed by atoms with Gasteiger partial charge in [-0.3, -0.25) is 9.00 Å². The molecule has 8 heteroatoms. The van der Waals surface area contributed by atoms with E-state index in [0.29, 0.717) is 5.02 Å². The molecule has 0 saturated heterocycles. The summed E-state index contributed by atoms with van der Waals surface area (Å²) in [6.45, 7) is 1.49. The Balaban J connectivity index is 2.83. The number of ketones is 1.